The highest BCUT2D eigenvalue weighted by Crippen LogP contribution is 2.54. The van der Waals surface area contributed by atoms with Gasteiger partial charge in [-0.1, -0.05) is 274 Å². The van der Waals surface area contributed by atoms with Gasteiger partial charge in [-0.25, -0.2) is 0 Å². The first-order valence-corrected chi connectivity index (χ1v) is 31.0. The molecule has 0 aliphatic heterocycles. The third-order valence-corrected chi connectivity index (χ3v) is 19.2. The third-order valence-electron chi connectivity index (χ3n) is 19.2. The Kier molecular flexibility index (Phi) is 8.71. The van der Waals surface area contributed by atoms with Gasteiger partial charge in [-0.3, -0.25) is 0 Å². The first-order valence-electron chi connectivity index (χ1n) is 39.0. The number of hydrogen-bond donors (Lipinski definition) is 0. The Morgan fingerprint density at radius 1 is 0.247 bits per heavy atom. The highest BCUT2D eigenvalue weighted by atomic mass is 16.3. The second-order valence-electron chi connectivity index (χ2n) is 24.5. The van der Waals surface area contributed by atoms with E-state index in [1.54, 1.807) is 24.3 Å². The summed E-state index contributed by atoms with van der Waals surface area (Å²) in [6.07, 6.45) is 0. The Morgan fingerprint density at radius 3 is 1.14 bits per heavy atom. The van der Waals surface area contributed by atoms with Crippen molar-refractivity contribution in [3.05, 3.63) is 326 Å². The van der Waals surface area contributed by atoms with Crippen molar-refractivity contribution in [1.29, 1.82) is 0 Å². The van der Waals surface area contributed by atoms with Gasteiger partial charge in [0, 0.05) is 27.0 Å². The van der Waals surface area contributed by atoms with Crippen LogP contribution in [0.1, 0.15) is 46.9 Å². The highest BCUT2D eigenvalue weighted by Gasteiger charge is 2.36. The maximum Gasteiger partial charge on any atom is 0.135 e. The molecule has 0 saturated heterocycles. The standard InChI is InChI=1S/C47H32O.C44H26O/c1-47(2)41-27-30(29-12-4-3-5-13-29)20-23-33(41)34-24-21-32(28-42(34)47)46-38-17-8-6-15-36(38)45(37-16-7-9-18-39(37)46)31-22-25-44-40(26-31)35-14-10-11-19-43(35)48-44;1-2-12-30-27(11-1)21-22-28-26-39(31-13-3-4-15-33(31)42(28)30)44-36-18-7-5-16-34(36)43(35-17-6-8-19-37(35)44)29-23-24-41-38(25-29)32-14-9-10-20-40(32)45-41/h3-28H,1-2H3;1-26H/i6D,7D,8D,9D,15D,16D,17D,18D;5D,6D,7D,8D,16D,17D,18D,19D. The van der Waals surface area contributed by atoms with E-state index in [4.69, 9.17) is 19.8 Å². The maximum absolute atomic E-state index is 9.47. The number of fused-ring (bicyclic) bond motifs is 18. The molecular weight excluding hydrogens is 1120 g/mol. The first kappa shape index (κ1) is 39.3. The summed E-state index contributed by atoms with van der Waals surface area (Å²) in [4.78, 5) is 0. The van der Waals surface area contributed by atoms with Crippen molar-refractivity contribution in [2.45, 2.75) is 19.3 Å². The molecule has 2 heteroatoms. The van der Waals surface area contributed by atoms with Crippen molar-refractivity contribution >= 4 is 119 Å². The molecule has 0 unspecified atom stereocenters. The summed E-state index contributed by atoms with van der Waals surface area (Å²) in [7, 11) is 0. The minimum absolute atomic E-state index is 0.179. The van der Waals surface area contributed by atoms with Crippen LogP contribution in [-0.4, -0.2) is 0 Å². The van der Waals surface area contributed by atoms with E-state index in [1.807, 2.05) is 152 Å². The molecule has 2 nitrogen and oxygen atoms in total. The summed E-state index contributed by atoms with van der Waals surface area (Å²) in [5.74, 6) is 0. The number of para-hydroxylation sites is 2. The molecule has 2 aromatic heterocycles. The van der Waals surface area contributed by atoms with Crippen molar-refractivity contribution < 1.29 is 30.8 Å². The summed E-state index contributed by atoms with van der Waals surface area (Å²) >= 11 is 0. The zero-order valence-corrected chi connectivity index (χ0v) is 50.1. The smallest absolute Gasteiger partial charge is 0.135 e. The minimum Gasteiger partial charge on any atom is -0.456 e. The van der Waals surface area contributed by atoms with Crippen LogP contribution in [0.4, 0.5) is 0 Å². The van der Waals surface area contributed by atoms with Crippen LogP contribution in [0.3, 0.4) is 0 Å². The van der Waals surface area contributed by atoms with E-state index < -0.39 is 53.8 Å². The van der Waals surface area contributed by atoms with Crippen LogP contribution in [0.5, 0.6) is 0 Å². The molecular formula is C91H58O2. The summed E-state index contributed by atoms with van der Waals surface area (Å²) in [5.41, 5.74) is 12.3. The molecule has 0 radical (unpaired) electrons. The van der Waals surface area contributed by atoms with Crippen molar-refractivity contribution in [3.8, 4) is 66.8 Å². The van der Waals surface area contributed by atoms with Crippen molar-refractivity contribution in [2.75, 3.05) is 0 Å². The van der Waals surface area contributed by atoms with Crippen molar-refractivity contribution in [3.63, 3.8) is 0 Å². The second-order valence-corrected chi connectivity index (χ2v) is 24.5. The predicted octanol–water partition coefficient (Wildman–Crippen LogP) is 25.9. The minimum atomic E-state index is -0.460. The van der Waals surface area contributed by atoms with Crippen LogP contribution in [0, 0.1) is 0 Å². The van der Waals surface area contributed by atoms with Crippen LogP contribution in [0.25, 0.3) is 186 Å². The quantitative estimate of drug-likeness (QED) is 0.127. The third kappa shape index (κ3) is 8.15. The predicted molar refractivity (Wildman–Crippen MR) is 395 cm³/mol. The number of hydrogen-bond acceptors (Lipinski definition) is 2. The maximum atomic E-state index is 9.47. The fraction of sp³-hybridized carbons (Fsp3) is 0.0330. The second kappa shape index (κ2) is 20.6. The van der Waals surface area contributed by atoms with E-state index in [-0.39, 0.29) is 91.4 Å². The van der Waals surface area contributed by atoms with Crippen molar-refractivity contribution in [1.82, 2.24) is 0 Å². The van der Waals surface area contributed by atoms with Crippen LogP contribution >= 0.6 is 0 Å². The summed E-state index contributed by atoms with van der Waals surface area (Å²) in [6, 6.07) is 65.3. The molecule has 0 fully saturated rings. The topological polar surface area (TPSA) is 26.3 Å². The number of benzene rings is 17. The summed E-state index contributed by atoms with van der Waals surface area (Å²) in [5, 5.41) is 10.5. The molecule has 93 heavy (non-hydrogen) atoms. The average Bonchev–Trinajstić information content (AvgIpc) is 1.55. The van der Waals surface area contributed by atoms with Gasteiger partial charge in [-0.05, 0) is 208 Å². The van der Waals surface area contributed by atoms with E-state index >= 15 is 0 Å². The molecule has 17 aromatic carbocycles. The van der Waals surface area contributed by atoms with E-state index in [0.29, 0.717) is 66.8 Å². The van der Waals surface area contributed by atoms with E-state index in [2.05, 4.69) is 56.3 Å². The monoisotopic (exact) mass is 1200 g/mol. The van der Waals surface area contributed by atoms with Gasteiger partial charge in [0.15, 0.2) is 0 Å². The molecule has 434 valence electrons. The Balaban J connectivity index is 0.000000148. The van der Waals surface area contributed by atoms with Gasteiger partial charge in [0.2, 0.25) is 0 Å². The van der Waals surface area contributed by atoms with Gasteiger partial charge in [0.1, 0.15) is 22.3 Å². The zero-order chi connectivity index (χ0) is 75.4. The lowest BCUT2D eigenvalue weighted by atomic mass is 9.80. The summed E-state index contributed by atoms with van der Waals surface area (Å²) in [6.45, 7) is 4.34. The molecule has 0 saturated carbocycles. The fourth-order valence-electron chi connectivity index (χ4n) is 14.9. The Bertz CT molecular complexity index is 7180. The van der Waals surface area contributed by atoms with Crippen LogP contribution in [0.2, 0.25) is 0 Å². The van der Waals surface area contributed by atoms with Crippen LogP contribution in [-0.2, 0) is 5.41 Å². The average molecular weight is 1200 g/mol. The van der Waals surface area contributed by atoms with E-state index in [1.165, 1.54) is 0 Å². The van der Waals surface area contributed by atoms with Gasteiger partial charge in [-0.2, -0.15) is 0 Å². The van der Waals surface area contributed by atoms with Crippen LogP contribution < -0.4 is 0 Å². The Morgan fingerprint density at radius 2 is 0.624 bits per heavy atom. The zero-order valence-electron chi connectivity index (χ0n) is 66.1. The van der Waals surface area contributed by atoms with Gasteiger partial charge in [-0.15, -0.1) is 0 Å². The van der Waals surface area contributed by atoms with Gasteiger partial charge < -0.3 is 8.83 Å². The largest absolute Gasteiger partial charge is 0.456 e. The normalized spacial score (nSPS) is 15.1. The van der Waals surface area contributed by atoms with Gasteiger partial charge in [0.05, 0.1) is 21.9 Å². The molecule has 0 amide bonds. The first-order chi connectivity index (χ1) is 52.5. The lowest BCUT2D eigenvalue weighted by Crippen LogP contribution is -2.15. The summed E-state index contributed by atoms with van der Waals surface area (Å²) < 4.78 is 159. The molecule has 2 heterocycles. The highest BCUT2D eigenvalue weighted by molar-refractivity contribution is 6.29. The van der Waals surface area contributed by atoms with Crippen LogP contribution in [0.15, 0.2) is 324 Å². The molecule has 0 atom stereocenters. The molecule has 1 aliphatic carbocycles. The molecule has 0 N–H and O–H groups in total. The fourth-order valence-corrected chi connectivity index (χ4v) is 14.9. The molecule has 0 spiro atoms. The molecule has 0 bridgehead atoms. The molecule has 1 aliphatic rings. The SMILES string of the molecule is [2H]c1c([2H])c([2H])c2c(-c3cc4ccc5ccccc5c4c4ccccc34)c3c([2H])c([2H])c([2H])c([2H])c3c(-c3ccc4oc5ccccc5c4c3)c2c1[2H].[2H]c1c([2H])c([2H])c2c(-c3ccc4oc5ccccc5c4c3)c3c([2H])c([2H])c([2H])c([2H])c3c(-c3ccc4c(c3)C(C)(C)c3cc(-c5ccccc5)ccc3-4)c2c1[2H]. The molecule has 19 aromatic rings. The van der Waals surface area contributed by atoms with E-state index in [0.717, 1.165) is 87.2 Å². The van der Waals surface area contributed by atoms with Crippen molar-refractivity contribution in [2.24, 2.45) is 0 Å². The van der Waals surface area contributed by atoms with Gasteiger partial charge in [0.25, 0.3) is 0 Å². The lowest BCUT2D eigenvalue weighted by Gasteiger charge is -2.23. The Hall–Kier alpha value is -11.8. The number of rotatable bonds is 5. The molecule has 20 rings (SSSR count). The lowest BCUT2D eigenvalue weighted by molar-refractivity contribution is 0.661. The van der Waals surface area contributed by atoms with E-state index in [9.17, 15) is 11.0 Å². The van der Waals surface area contributed by atoms with Gasteiger partial charge >= 0.3 is 0 Å². The Labute approximate surface area is 559 Å². The number of furan rings is 2.